The van der Waals surface area contributed by atoms with Crippen molar-refractivity contribution in [3.05, 3.63) is 53.8 Å². The van der Waals surface area contributed by atoms with E-state index >= 15 is 0 Å². The number of amides is 2. The van der Waals surface area contributed by atoms with Crippen molar-refractivity contribution in [2.75, 3.05) is 16.8 Å². The molecule has 0 aliphatic carbocycles. The van der Waals surface area contributed by atoms with Crippen LogP contribution in [0.25, 0.3) is 0 Å². The molecule has 7 nitrogen and oxygen atoms in total. The van der Waals surface area contributed by atoms with Crippen LogP contribution >= 0.6 is 0 Å². The first kappa shape index (κ1) is 21.9. The Labute approximate surface area is 175 Å². The maximum atomic E-state index is 13.8. The number of anilines is 2. The fourth-order valence-corrected chi connectivity index (χ4v) is 4.47. The lowest BCUT2D eigenvalue weighted by molar-refractivity contribution is -0.122. The summed E-state index contributed by atoms with van der Waals surface area (Å²) in [6, 6.07) is 10.1. The minimum absolute atomic E-state index is 0.0199. The molecule has 9 heteroatoms. The molecule has 1 unspecified atom stereocenters. The summed E-state index contributed by atoms with van der Waals surface area (Å²) in [5.41, 5.74) is 1.33. The number of benzene rings is 2. The number of sulfonamides is 1. The SMILES string of the molecule is Cc1ccc(N2CC(C(=O)Nc3ccc(S(=O)(=O)NC(C)C)cc3)CC2=O)cc1F. The predicted octanol–water partition coefficient (Wildman–Crippen LogP) is 2.81. The number of carbonyl (C=O) groups is 2. The summed E-state index contributed by atoms with van der Waals surface area (Å²) in [7, 11) is -3.62. The number of nitrogens with one attached hydrogen (secondary N) is 2. The summed E-state index contributed by atoms with van der Waals surface area (Å²) >= 11 is 0. The van der Waals surface area contributed by atoms with E-state index in [1.165, 1.54) is 35.2 Å². The average molecular weight is 434 g/mol. The van der Waals surface area contributed by atoms with Crippen LogP contribution in [0.5, 0.6) is 0 Å². The standard InChI is InChI=1S/C21H24FN3O4S/c1-13(2)24-30(28,29)18-8-5-16(6-9-18)23-21(27)15-10-20(26)25(12-15)17-7-4-14(3)19(22)11-17/h4-9,11,13,15,24H,10,12H2,1-3H3,(H,23,27). The molecule has 1 aliphatic rings. The van der Waals surface area contributed by atoms with Gasteiger partial charge in [-0.1, -0.05) is 6.07 Å². The molecule has 2 amide bonds. The van der Waals surface area contributed by atoms with Gasteiger partial charge in [0.25, 0.3) is 0 Å². The zero-order chi connectivity index (χ0) is 22.1. The van der Waals surface area contributed by atoms with Gasteiger partial charge < -0.3 is 10.2 Å². The zero-order valence-electron chi connectivity index (χ0n) is 17.0. The molecule has 3 rings (SSSR count). The molecular formula is C21H24FN3O4S. The molecule has 0 radical (unpaired) electrons. The molecule has 1 fully saturated rings. The monoisotopic (exact) mass is 433 g/mol. The highest BCUT2D eigenvalue weighted by atomic mass is 32.2. The molecule has 2 N–H and O–H groups in total. The number of nitrogens with zero attached hydrogens (tertiary/aromatic N) is 1. The van der Waals surface area contributed by atoms with Crippen molar-refractivity contribution in [2.45, 2.75) is 38.1 Å². The van der Waals surface area contributed by atoms with Gasteiger partial charge >= 0.3 is 0 Å². The van der Waals surface area contributed by atoms with Crippen molar-refractivity contribution in [1.29, 1.82) is 0 Å². The van der Waals surface area contributed by atoms with E-state index in [1.807, 2.05) is 0 Å². The first-order valence-corrected chi connectivity index (χ1v) is 11.0. The molecule has 30 heavy (non-hydrogen) atoms. The van der Waals surface area contributed by atoms with Gasteiger partial charge in [-0.25, -0.2) is 17.5 Å². The van der Waals surface area contributed by atoms with E-state index in [4.69, 9.17) is 0 Å². The summed E-state index contributed by atoms with van der Waals surface area (Å²) < 4.78 is 40.7. The number of carbonyl (C=O) groups excluding carboxylic acids is 2. The van der Waals surface area contributed by atoms with Gasteiger partial charge in [0.15, 0.2) is 0 Å². The fourth-order valence-electron chi connectivity index (χ4n) is 3.22. The summed E-state index contributed by atoms with van der Waals surface area (Å²) in [4.78, 5) is 26.4. The Morgan fingerprint density at radius 1 is 1.17 bits per heavy atom. The van der Waals surface area contributed by atoms with Crippen LogP contribution < -0.4 is 14.9 Å². The molecule has 0 saturated carbocycles. The second-order valence-electron chi connectivity index (χ2n) is 7.63. The second-order valence-corrected chi connectivity index (χ2v) is 9.34. The first-order chi connectivity index (χ1) is 14.1. The third kappa shape index (κ3) is 4.85. The Kier molecular flexibility index (Phi) is 6.23. The normalized spacial score (nSPS) is 16.9. The Morgan fingerprint density at radius 2 is 1.83 bits per heavy atom. The van der Waals surface area contributed by atoms with E-state index in [0.717, 1.165) is 0 Å². The molecule has 0 spiro atoms. The van der Waals surface area contributed by atoms with E-state index in [-0.39, 0.29) is 35.7 Å². The van der Waals surface area contributed by atoms with Crippen molar-refractivity contribution < 1.29 is 22.4 Å². The third-order valence-electron chi connectivity index (χ3n) is 4.79. The highest BCUT2D eigenvalue weighted by Gasteiger charge is 2.35. The van der Waals surface area contributed by atoms with E-state index in [1.54, 1.807) is 32.9 Å². The summed E-state index contributed by atoms with van der Waals surface area (Å²) in [6.45, 7) is 5.24. The zero-order valence-corrected chi connectivity index (χ0v) is 17.8. The first-order valence-electron chi connectivity index (χ1n) is 9.56. The quantitative estimate of drug-likeness (QED) is 0.732. The summed E-state index contributed by atoms with van der Waals surface area (Å²) in [5.74, 6) is -1.60. The maximum absolute atomic E-state index is 13.8. The van der Waals surface area contributed by atoms with Crippen LogP contribution in [0.3, 0.4) is 0 Å². The number of hydrogen-bond acceptors (Lipinski definition) is 4. The van der Waals surface area contributed by atoms with Crippen LogP contribution in [0.15, 0.2) is 47.4 Å². The lowest BCUT2D eigenvalue weighted by Crippen LogP contribution is -2.30. The van der Waals surface area contributed by atoms with E-state index in [0.29, 0.717) is 16.9 Å². The Bertz CT molecular complexity index is 1070. The van der Waals surface area contributed by atoms with Gasteiger partial charge in [-0.2, -0.15) is 0 Å². The van der Waals surface area contributed by atoms with Gasteiger partial charge in [0.1, 0.15) is 5.82 Å². The van der Waals surface area contributed by atoms with Crippen molar-refractivity contribution in [1.82, 2.24) is 4.72 Å². The van der Waals surface area contributed by atoms with Crippen molar-refractivity contribution in [2.24, 2.45) is 5.92 Å². The van der Waals surface area contributed by atoms with Gasteiger partial charge in [0.2, 0.25) is 21.8 Å². The maximum Gasteiger partial charge on any atom is 0.240 e. The van der Waals surface area contributed by atoms with Gasteiger partial charge in [-0.05, 0) is 62.7 Å². The average Bonchev–Trinajstić information content (AvgIpc) is 3.05. The smallest absolute Gasteiger partial charge is 0.240 e. The van der Waals surface area contributed by atoms with Crippen molar-refractivity contribution in [3.63, 3.8) is 0 Å². The third-order valence-corrected chi connectivity index (χ3v) is 6.46. The minimum atomic E-state index is -3.62. The van der Waals surface area contributed by atoms with Gasteiger partial charge in [0.05, 0.1) is 10.8 Å². The molecule has 2 aromatic rings. The van der Waals surface area contributed by atoms with Crippen LogP contribution in [0.1, 0.15) is 25.8 Å². The fraction of sp³-hybridized carbons (Fsp3) is 0.333. The number of halogens is 1. The van der Waals surface area contributed by atoms with Crippen LogP contribution in [0.4, 0.5) is 15.8 Å². The molecule has 1 heterocycles. The molecule has 1 aliphatic heterocycles. The highest BCUT2D eigenvalue weighted by molar-refractivity contribution is 7.89. The molecule has 2 aromatic carbocycles. The molecule has 1 saturated heterocycles. The Hall–Kier alpha value is -2.78. The molecular weight excluding hydrogens is 409 g/mol. The largest absolute Gasteiger partial charge is 0.326 e. The van der Waals surface area contributed by atoms with E-state index < -0.39 is 21.8 Å². The molecule has 1 atom stereocenters. The Balaban J connectivity index is 1.66. The van der Waals surface area contributed by atoms with E-state index in [9.17, 15) is 22.4 Å². The highest BCUT2D eigenvalue weighted by Crippen LogP contribution is 2.27. The van der Waals surface area contributed by atoms with Crippen LogP contribution in [0, 0.1) is 18.7 Å². The summed E-state index contributed by atoms with van der Waals surface area (Å²) in [6.07, 6.45) is 0.0199. The summed E-state index contributed by atoms with van der Waals surface area (Å²) in [5, 5.41) is 2.71. The molecule has 0 aromatic heterocycles. The molecule has 160 valence electrons. The number of aryl methyl sites for hydroxylation is 1. The van der Waals surface area contributed by atoms with Gasteiger partial charge in [-0.15, -0.1) is 0 Å². The van der Waals surface area contributed by atoms with Crippen LogP contribution in [0.2, 0.25) is 0 Å². The van der Waals surface area contributed by atoms with Gasteiger partial charge in [0, 0.05) is 30.4 Å². The Morgan fingerprint density at radius 3 is 2.43 bits per heavy atom. The van der Waals surface area contributed by atoms with E-state index in [2.05, 4.69) is 10.0 Å². The van der Waals surface area contributed by atoms with Gasteiger partial charge in [-0.3, -0.25) is 9.59 Å². The number of hydrogen-bond donors (Lipinski definition) is 2. The lowest BCUT2D eigenvalue weighted by Gasteiger charge is -2.17. The molecule has 0 bridgehead atoms. The second kappa shape index (κ2) is 8.53. The van der Waals surface area contributed by atoms with Crippen LogP contribution in [-0.4, -0.2) is 32.8 Å². The number of rotatable bonds is 6. The van der Waals surface area contributed by atoms with Crippen molar-refractivity contribution in [3.8, 4) is 0 Å². The van der Waals surface area contributed by atoms with Crippen molar-refractivity contribution >= 4 is 33.2 Å². The lowest BCUT2D eigenvalue weighted by atomic mass is 10.1. The van der Waals surface area contributed by atoms with Crippen LogP contribution in [-0.2, 0) is 19.6 Å². The minimum Gasteiger partial charge on any atom is -0.326 e. The predicted molar refractivity (Wildman–Crippen MR) is 112 cm³/mol. The topological polar surface area (TPSA) is 95.6 Å².